The van der Waals surface area contributed by atoms with Gasteiger partial charge in [-0.1, -0.05) is 31.5 Å². The first-order valence-corrected chi connectivity index (χ1v) is 8.89. The number of fused-ring (bicyclic) bond motifs is 1. The Morgan fingerprint density at radius 2 is 2.18 bits per heavy atom. The summed E-state index contributed by atoms with van der Waals surface area (Å²) in [6, 6.07) is 8.03. The Balaban J connectivity index is 1.69. The van der Waals surface area contributed by atoms with Gasteiger partial charge >= 0.3 is 0 Å². The fourth-order valence-electron chi connectivity index (χ4n) is 3.48. The molecular formula is C18H23NO2S. The van der Waals surface area contributed by atoms with Gasteiger partial charge in [0.2, 0.25) is 0 Å². The van der Waals surface area contributed by atoms with Crippen molar-refractivity contribution in [2.45, 2.75) is 32.6 Å². The van der Waals surface area contributed by atoms with Crippen molar-refractivity contribution in [3.05, 3.63) is 35.2 Å². The first-order valence-electron chi connectivity index (χ1n) is 8.01. The zero-order valence-electron chi connectivity index (χ0n) is 13.0. The van der Waals surface area contributed by atoms with Crippen LogP contribution < -0.4 is 5.32 Å². The highest BCUT2D eigenvalue weighted by molar-refractivity contribution is 7.17. The van der Waals surface area contributed by atoms with Crippen molar-refractivity contribution in [2.75, 3.05) is 13.2 Å². The number of nitrogens with one attached hydrogen (secondary N) is 1. The molecule has 1 heterocycles. The highest BCUT2D eigenvalue weighted by Gasteiger charge is 2.41. The highest BCUT2D eigenvalue weighted by atomic mass is 32.1. The van der Waals surface area contributed by atoms with Crippen LogP contribution in [0.4, 0.5) is 0 Å². The first kappa shape index (κ1) is 15.5. The zero-order chi connectivity index (χ0) is 15.6. The molecule has 0 bridgehead atoms. The van der Waals surface area contributed by atoms with Crippen LogP contribution in [0.2, 0.25) is 0 Å². The van der Waals surface area contributed by atoms with Gasteiger partial charge in [0.1, 0.15) is 0 Å². The Morgan fingerprint density at radius 3 is 2.86 bits per heavy atom. The Bertz CT molecular complexity index is 660. The molecule has 1 aromatic heterocycles. The van der Waals surface area contributed by atoms with E-state index < -0.39 is 0 Å². The average molecular weight is 317 g/mol. The quantitative estimate of drug-likeness (QED) is 0.851. The van der Waals surface area contributed by atoms with Gasteiger partial charge in [0.15, 0.2) is 0 Å². The minimum absolute atomic E-state index is 0.0277. The van der Waals surface area contributed by atoms with Gasteiger partial charge in [0.05, 0.1) is 5.56 Å². The monoisotopic (exact) mass is 317 g/mol. The maximum Gasteiger partial charge on any atom is 0.252 e. The Hall–Kier alpha value is -1.39. The third-order valence-electron chi connectivity index (χ3n) is 5.28. The Labute approximate surface area is 135 Å². The number of thiophene rings is 1. The maximum atomic E-state index is 12.5. The van der Waals surface area contributed by atoms with Crippen LogP contribution in [0.25, 0.3) is 10.1 Å². The third kappa shape index (κ3) is 2.77. The second kappa shape index (κ2) is 6.39. The molecule has 1 atom stereocenters. The van der Waals surface area contributed by atoms with Gasteiger partial charge in [-0.25, -0.2) is 0 Å². The van der Waals surface area contributed by atoms with Crippen molar-refractivity contribution in [1.82, 2.24) is 5.32 Å². The van der Waals surface area contributed by atoms with Gasteiger partial charge in [0, 0.05) is 28.6 Å². The van der Waals surface area contributed by atoms with E-state index in [1.54, 1.807) is 11.3 Å². The molecule has 2 N–H and O–H groups in total. The summed E-state index contributed by atoms with van der Waals surface area (Å²) in [4.78, 5) is 12.5. The van der Waals surface area contributed by atoms with Gasteiger partial charge in [-0.3, -0.25) is 4.79 Å². The Morgan fingerprint density at radius 1 is 1.41 bits per heavy atom. The lowest BCUT2D eigenvalue weighted by Crippen LogP contribution is -2.46. The summed E-state index contributed by atoms with van der Waals surface area (Å²) < 4.78 is 1.15. The molecule has 0 radical (unpaired) electrons. The SMILES string of the molecule is CC(CCO)C1(CNC(=O)c2csc3ccccc23)CCC1. The summed E-state index contributed by atoms with van der Waals surface area (Å²) in [6.45, 7) is 3.14. The van der Waals surface area contributed by atoms with Crippen LogP contribution in [0.5, 0.6) is 0 Å². The molecule has 1 saturated carbocycles. The van der Waals surface area contributed by atoms with Gasteiger partial charge < -0.3 is 10.4 Å². The molecule has 2 aromatic rings. The van der Waals surface area contributed by atoms with Gasteiger partial charge in [-0.2, -0.15) is 0 Å². The summed E-state index contributed by atoms with van der Waals surface area (Å²) in [5, 5.41) is 15.3. The summed E-state index contributed by atoms with van der Waals surface area (Å²) in [6.07, 6.45) is 4.35. The average Bonchev–Trinajstić information content (AvgIpc) is 2.90. The largest absolute Gasteiger partial charge is 0.396 e. The van der Waals surface area contributed by atoms with E-state index in [2.05, 4.69) is 12.2 Å². The van der Waals surface area contributed by atoms with Crippen molar-refractivity contribution in [2.24, 2.45) is 11.3 Å². The van der Waals surface area contributed by atoms with Crippen LogP contribution in [-0.4, -0.2) is 24.2 Å². The van der Waals surface area contributed by atoms with E-state index in [1.165, 1.54) is 6.42 Å². The van der Waals surface area contributed by atoms with Gasteiger partial charge in [0.25, 0.3) is 5.91 Å². The number of carbonyl (C=O) groups excluding carboxylic acids is 1. The van der Waals surface area contributed by atoms with Crippen LogP contribution in [0.3, 0.4) is 0 Å². The van der Waals surface area contributed by atoms with E-state index in [0.29, 0.717) is 5.92 Å². The lowest BCUT2D eigenvalue weighted by molar-refractivity contribution is 0.0411. The molecule has 22 heavy (non-hydrogen) atoms. The maximum absolute atomic E-state index is 12.5. The van der Waals surface area contributed by atoms with Crippen LogP contribution >= 0.6 is 11.3 Å². The molecule has 1 amide bonds. The van der Waals surface area contributed by atoms with E-state index in [-0.39, 0.29) is 17.9 Å². The molecule has 0 saturated heterocycles. The van der Waals surface area contributed by atoms with Gasteiger partial charge in [-0.15, -0.1) is 11.3 Å². The molecule has 1 aliphatic carbocycles. The lowest BCUT2D eigenvalue weighted by atomic mass is 9.60. The molecule has 3 nitrogen and oxygen atoms in total. The predicted octanol–water partition coefficient (Wildman–Crippen LogP) is 3.82. The first-order chi connectivity index (χ1) is 10.7. The number of aliphatic hydroxyl groups excluding tert-OH is 1. The molecule has 0 spiro atoms. The van der Waals surface area contributed by atoms with Crippen LogP contribution in [0, 0.1) is 11.3 Å². The van der Waals surface area contributed by atoms with E-state index in [4.69, 9.17) is 0 Å². The highest BCUT2D eigenvalue weighted by Crippen LogP contribution is 2.47. The van der Waals surface area contributed by atoms with Crippen LogP contribution in [0.15, 0.2) is 29.6 Å². The molecule has 118 valence electrons. The van der Waals surface area contributed by atoms with E-state index in [0.717, 1.165) is 41.5 Å². The fraction of sp³-hybridized carbons (Fsp3) is 0.500. The molecule has 1 aromatic carbocycles. The molecule has 1 aliphatic rings. The molecule has 1 unspecified atom stereocenters. The predicted molar refractivity (Wildman–Crippen MR) is 91.3 cm³/mol. The zero-order valence-corrected chi connectivity index (χ0v) is 13.8. The normalized spacial score (nSPS) is 17.9. The molecule has 0 aliphatic heterocycles. The smallest absolute Gasteiger partial charge is 0.252 e. The number of aliphatic hydroxyl groups is 1. The second-order valence-corrected chi connectivity index (χ2v) is 7.37. The number of carbonyl (C=O) groups is 1. The van der Waals surface area contributed by atoms with Crippen molar-refractivity contribution in [1.29, 1.82) is 0 Å². The molecular weight excluding hydrogens is 294 g/mol. The number of hydrogen-bond donors (Lipinski definition) is 2. The summed E-state index contributed by atoms with van der Waals surface area (Å²) >= 11 is 1.62. The number of benzene rings is 1. The second-order valence-electron chi connectivity index (χ2n) is 6.46. The topological polar surface area (TPSA) is 49.3 Å². The molecule has 4 heteroatoms. The van der Waals surface area contributed by atoms with Gasteiger partial charge in [-0.05, 0) is 36.7 Å². The Kier molecular flexibility index (Phi) is 4.50. The van der Waals surface area contributed by atoms with Crippen LogP contribution in [-0.2, 0) is 0 Å². The number of amides is 1. The fourth-order valence-corrected chi connectivity index (χ4v) is 4.42. The van der Waals surface area contributed by atoms with Crippen molar-refractivity contribution in [3.63, 3.8) is 0 Å². The number of rotatable bonds is 6. The van der Waals surface area contributed by atoms with E-state index in [1.807, 2.05) is 29.6 Å². The summed E-state index contributed by atoms with van der Waals surface area (Å²) in [7, 11) is 0. The van der Waals surface area contributed by atoms with Crippen LogP contribution in [0.1, 0.15) is 43.0 Å². The number of hydrogen-bond acceptors (Lipinski definition) is 3. The molecule has 1 fully saturated rings. The molecule has 3 rings (SSSR count). The third-order valence-corrected chi connectivity index (χ3v) is 6.25. The minimum Gasteiger partial charge on any atom is -0.396 e. The van der Waals surface area contributed by atoms with E-state index >= 15 is 0 Å². The minimum atomic E-state index is 0.0277. The standard InChI is InChI=1S/C18H23NO2S/c1-13(7-10-20)18(8-4-9-18)12-19-17(21)15-11-22-16-6-3-2-5-14(15)16/h2-3,5-6,11,13,20H,4,7-10,12H2,1H3,(H,19,21). The van der Waals surface area contributed by atoms with E-state index in [9.17, 15) is 9.90 Å². The van der Waals surface area contributed by atoms with Crippen molar-refractivity contribution in [3.8, 4) is 0 Å². The summed E-state index contributed by atoms with van der Waals surface area (Å²) in [5.74, 6) is 0.477. The van der Waals surface area contributed by atoms with Crippen molar-refractivity contribution >= 4 is 27.3 Å². The van der Waals surface area contributed by atoms with Crippen molar-refractivity contribution < 1.29 is 9.90 Å². The lowest BCUT2D eigenvalue weighted by Gasteiger charge is -2.47. The summed E-state index contributed by atoms with van der Waals surface area (Å²) in [5.41, 5.74) is 0.967.